The van der Waals surface area contributed by atoms with Crippen molar-refractivity contribution in [1.82, 2.24) is 4.98 Å². The first-order valence-corrected chi connectivity index (χ1v) is 7.86. The van der Waals surface area contributed by atoms with Gasteiger partial charge in [-0.1, -0.05) is 22.9 Å². The minimum Gasteiger partial charge on any atom is -0.382 e. The molecule has 5 nitrogen and oxygen atoms in total. The maximum Gasteiger partial charge on any atom is 0.414 e. The first-order valence-electron chi connectivity index (χ1n) is 6.67. The van der Waals surface area contributed by atoms with Crippen molar-refractivity contribution in [2.45, 2.75) is 19.2 Å². The van der Waals surface area contributed by atoms with Gasteiger partial charge < -0.3 is 15.8 Å². The third-order valence-corrected chi connectivity index (χ3v) is 4.21. The maximum atomic E-state index is 12.4. The van der Waals surface area contributed by atoms with Crippen LogP contribution >= 0.6 is 22.9 Å². The van der Waals surface area contributed by atoms with Gasteiger partial charge in [0.15, 0.2) is 11.2 Å². The molecule has 1 aromatic heterocycles. The predicted octanol–water partition coefficient (Wildman–Crippen LogP) is 4.27. The van der Waals surface area contributed by atoms with Crippen LogP contribution in [-0.2, 0) is 4.74 Å². The summed E-state index contributed by atoms with van der Waals surface area (Å²) in [7, 11) is 0. The number of hydrogen-bond acceptors (Lipinski definition) is 6. The van der Waals surface area contributed by atoms with Crippen LogP contribution in [0.4, 0.5) is 29.8 Å². The van der Waals surface area contributed by atoms with Gasteiger partial charge in [-0.15, -0.1) is 0 Å². The number of thiazole rings is 1. The van der Waals surface area contributed by atoms with Gasteiger partial charge in [0.25, 0.3) is 0 Å². The summed E-state index contributed by atoms with van der Waals surface area (Å²) in [5.41, 5.74) is 6.33. The lowest BCUT2D eigenvalue weighted by molar-refractivity contribution is -0.210. The molecule has 0 saturated carbocycles. The van der Waals surface area contributed by atoms with Crippen LogP contribution in [-0.4, -0.2) is 29.7 Å². The summed E-state index contributed by atoms with van der Waals surface area (Å²) in [5, 5.41) is 3.83. The third-order valence-electron chi connectivity index (χ3n) is 2.93. The number of alkyl halides is 3. The van der Waals surface area contributed by atoms with Crippen molar-refractivity contribution in [3.05, 3.63) is 34.2 Å². The van der Waals surface area contributed by atoms with Crippen LogP contribution in [0.15, 0.2) is 24.3 Å². The van der Waals surface area contributed by atoms with E-state index in [0.717, 1.165) is 18.3 Å². The highest BCUT2D eigenvalue weighted by molar-refractivity contribution is 7.18. The summed E-state index contributed by atoms with van der Waals surface area (Å²) < 4.78 is 41.6. The monoisotopic (exact) mass is 379 g/mol. The number of aromatic nitrogens is 1. The molecule has 3 N–H and O–H groups in total. The minimum absolute atomic E-state index is 0.0424. The van der Waals surface area contributed by atoms with Gasteiger partial charge in [-0.2, -0.15) is 13.2 Å². The zero-order valence-electron chi connectivity index (χ0n) is 12.4. The quantitative estimate of drug-likeness (QED) is 0.733. The summed E-state index contributed by atoms with van der Waals surface area (Å²) in [6, 6.07) is 6.74. The lowest BCUT2D eigenvalue weighted by Crippen LogP contribution is -2.30. The van der Waals surface area contributed by atoms with Crippen molar-refractivity contribution in [1.29, 1.82) is 0 Å². The molecule has 2 aromatic rings. The van der Waals surface area contributed by atoms with Crippen LogP contribution in [0.2, 0.25) is 5.02 Å². The van der Waals surface area contributed by atoms with Crippen molar-refractivity contribution < 1.29 is 22.7 Å². The highest BCUT2D eigenvalue weighted by Gasteiger charge is 2.37. The molecule has 0 aliphatic rings. The summed E-state index contributed by atoms with van der Waals surface area (Å²) in [6.07, 6.45) is -6.57. The molecule has 0 amide bonds. The molecule has 0 spiro atoms. The molecule has 1 heterocycles. The first-order chi connectivity index (χ1) is 11.2. The second-order valence-corrected chi connectivity index (χ2v) is 6.22. The Morgan fingerprint density at radius 1 is 1.42 bits per heavy atom. The van der Waals surface area contributed by atoms with Gasteiger partial charge >= 0.3 is 6.18 Å². The van der Waals surface area contributed by atoms with E-state index in [1.165, 1.54) is 0 Å². The number of carbonyl (C=O) groups is 1. The number of halogens is 4. The zero-order chi connectivity index (χ0) is 17.9. The molecule has 24 heavy (non-hydrogen) atoms. The van der Waals surface area contributed by atoms with E-state index in [9.17, 15) is 18.0 Å². The number of nitrogens with one attached hydrogen (secondary N) is 1. The average molecular weight is 380 g/mol. The van der Waals surface area contributed by atoms with Crippen LogP contribution < -0.4 is 11.1 Å². The van der Waals surface area contributed by atoms with Gasteiger partial charge in [0.1, 0.15) is 17.3 Å². The average Bonchev–Trinajstić information content (AvgIpc) is 2.86. The van der Waals surface area contributed by atoms with E-state index in [1.807, 2.05) is 0 Å². The molecule has 0 aliphatic carbocycles. The fourth-order valence-electron chi connectivity index (χ4n) is 1.60. The normalized spacial score (nSPS) is 12.9. The Morgan fingerprint density at radius 3 is 2.62 bits per heavy atom. The fourth-order valence-corrected chi connectivity index (χ4v) is 2.56. The van der Waals surface area contributed by atoms with Crippen LogP contribution in [0.5, 0.6) is 0 Å². The molecule has 0 aliphatic heterocycles. The maximum absolute atomic E-state index is 12.4. The van der Waals surface area contributed by atoms with Crippen LogP contribution in [0.25, 0.3) is 0 Å². The topological polar surface area (TPSA) is 77.2 Å². The Hall–Kier alpha value is -1.84. The van der Waals surface area contributed by atoms with Crippen LogP contribution in [0, 0.1) is 0 Å². The van der Waals surface area contributed by atoms with E-state index in [4.69, 9.17) is 17.3 Å². The van der Waals surface area contributed by atoms with E-state index in [2.05, 4.69) is 15.0 Å². The van der Waals surface area contributed by atoms with Gasteiger partial charge in [-0.25, -0.2) is 4.98 Å². The molecule has 130 valence electrons. The molecule has 1 atom stereocenters. The standard InChI is InChI=1S/C14H13ClF3N3O2S/c1-7(14(16,17)18)23-6-10(22)11-12(19)21-13(24-11)20-9-4-2-8(15)3-5-9/h2-5,7H,6,19H2,1H3,(H,20,21). The Labute approximate surface area is 144 Å². The largest absolute Gasteiger partial charge is 0.414 e. The van der Waals surface area contributed by atoms with Gasteiger partial charge in [0.05, 0.1) is 0 Å². The van der Waals surface area contributed by atoms with E-state index in [-0.39, 0.29) is 10.7 Å². The van der Waals surface area contributed by atoms with E-state index in [1.54, 1.807) is 24.3 Å². The highest BCUT2D eigenvalue weighted by atomic mass is 35.5. The van der Waals surface area contributed by atoms with Gasteiger partial charge in [-0.05, 0) is 31.2 Å². The summed E-state index contributed by atoms with van der Waals surface area (Å²) >= 11 is 6.71. The fraction of sp³-hybridized carbons (Fsp3) is 0.286. The number of hydrogen-bond donors (Lipinski definition) is 2. The summed E-state index contributed by atoms with van der Waals surface area (Å²) in [6.45, 7) is 0.101. The van der Waals surface area contributed by atoms with Crippen molar-refractivity contribution in [2.75, 3.05) is 17.7 Å². The van der Waals surface area contributed by atoms with E-state index >= 15 is 0 Å². The molecular formula is C14H13ClF3N3O2S. The molecular weight excluding hydrogens is 367 g/mol. The Kier molecular flexibility index (Phi) is 5.68. The molecule has 10 heteroatoms. The smallest absolute Gasteiger partial charge is 0.382 e. The second-order valence-electron chi connectivity index (χ2n) is 4.78. The van der Waals surface area contributed by atoms with E-state index < -0.39 is 24.7 Å². The molecule has 0 bridgehead atoms. The van der Waals surface area contributed by atoms with Crippen molar-refractivity contribution in [3.8, 4) is 0 Å². The lowest BCUT2D eigenvalue weighted by Gasteiger charge is -2.15. The first kappa shape index (κ1) is 18.5. The van der Waals surface area contributed by atoms with Crippen LogP contribution in [0.1, 0.15) is 16.6 Å². The Balaban J connectivity index is 2.02. The molecule has 1 aromatic carbocycles. The number of ketones is 1. The van der Waals surface area contributed by atoms with Crippen molar-refractivity contribution in [2.24, 2.45) is 0 Å². The Morgan fingerprint density at radius 2 is 2.04 bits per heavy atom. The summed E-state index contributed by atoms with van der Waals surface area (Å²) in [4.78, 5) is 16.0. The predicted molar refractivity (Wildman–Crippen MR) is 87.1 cm³/mol. The highest BCUT2D eigenvalue weighted by Crippen LogP contribution is 2.29. The molecule has 0 radical (unpaired) electrons. The number of rotatable bonds is 6. The summed E-state index contributed by atoms with van der Waals surface area (Å²) in [5.74, 6) is -0.727. The lowest BCUT2D eigenvalue weighted by atomic mass is 10.3. The number of carbonyl (C=O) groups excluding carboxylic acids is 1. The number of Topliss-reactive ketones (excluding diaryl/α,β-unsaturated/α-hetero) is 1. The van der Waals surface area contributed by atoms with Gasteiger partial charge in [0.2, 0.25) is 5.78 Å². The molecule has 0 fully saturated rings. The third kappa shape index (κ3) is 4.83. The SMILES string of the molecule is CC(OCC(=O)c1sc(Nc2ccc(Cl)cc2)nc1N)C(F)(F)F. The molecule has 2 rings (SSSR count). The van der Waals surface area contributed by atoms with E-state index in [0.29, 0.717) is 15.8 Å². The molecule has 0 saturated heterocycles. The second kappa shape index (κ2) is 7.37. The van der Waals surface area contributed by atoms with Crippen molar-refractivity contribution >= 4 is 45.4 Å². The molecule has 1 unspecified atom stereocenters. The minimum atomic E-state index is -4.53. The Bertz CT molecular complexity index is 719. The number of nitrogens with two attached hydrogens (primary N) is 1. The number of nitrogen functional groups attached to an aromatic ring is 1. The number of benzene rings is 1. The van der Waals surface area contributed by atoms with Crippen LogP contribution in [0.3, 0.4) is 0 Å². The number of ether oxygens (including phenoxy) is 1. The van der Waals surface area contributed by atoms with Gasteiger partial charge in [-0.3, -0.25) is 4.79 Å². The number of anilines is 3. The zero-order valence-corrected chi connectivity index (χ0v) is 13.9. The van der Waals surface area contributed by atoms with Crippen molar-refractivity contribution in [3.63, 3.8) is 0 Å². The number of nitrogens with zero attached hydrogens (tertiary/aromatic N) is 1. The van der Waals surface area contributed by atoms with Gasteiger partial charge in [0, 0.05) is 10.7 Å².